The largest absolute Gasteiger partial charge is 0.466 e. The van der Waals surface area contributed by atoms with E-state index >= 15 is 0 Å². The van der Waals surface area contributed by atoms with E-state index in [4.69, 9.17) is 8.83 Å². The van der Waals surface area contributed by atoms with E-state index in [-0.39, 0.29) is 12.5 Å². The molecule has 0 saturated carbocycles. The third-order valence-electron chi connectivity index (χ3n) is 3.92. The van der Waals surface area contributed by atoms with Gasteiger partial charge < -0.3 is 19.3 Å². The standard InChI is InChI=1S/C19H20N2O4/c1-12-10-14(13(2)24-12)19(3,23)11-20-17(22)8-9-18-21-15-6-4-5-7-16(15)25-18/h4-10,23H,11H2,1-3H3,(H,20,22)/b9-8+/t19-/m0/s1. The van der Waals surface area contributed by atoms with Crippen molar-refractivity contribution in [2.75, 3.05) is 6.54 Å². The minimum atomic E-state index is -1.22. The molecule has 0 unspecified atom stereocenters. The van der Waals surface area contributed by atoms with E-state index in [9.17, 15) is 9.90 Å². The molecular weight excluding hydrogens is 320 g/mol. The van der Waals surface area contributed by atoms with E-state index in [1.807, 2.05) is 31.2 Å². The van der Waals surface area contributed by atoms with Crippen LogP contribution in [0.15, 0.2) is 45.2 Å². The molecule has 6 heteroatoms. The van der Waals surface area contributed by atoms with Gasteiger partial charge in [-0.1, -0.05) is 12.1 Å². The number of aliphatic hydroxyl groups is 1. The monoisotopic (exact) mass is 340 g/mol. The summed E-state index contributed by atoms with van der Waals surface area (Å²) in [6, 6.07) is 9.15. The molecule has 0 aliphatic heterocycles. The first kappa shape index (κ1) is 17.0. The van der Waals surface area contributed by atoms with Crippen molar-refractivity contribution >= 4 is 23.1 Å². The Kier molecular flexibility index (Phi) is 4.46. The maximum Gasteiger partial charge on any atom is 0.244 e. The highest BCUT2D eigenvalue weighted by Gasteiger charge is 2.27. The van der Waals surface area contributed by atoms with Crippen LogP contribution < -0.4 is 5.32 Å². The topological polar surface area (TPSA) is 88.5 Å². The lowest BCUT2D eigenvalue weighted by Crippen LogP contribution is -2.38. The highest BCUT2D eigenvalue weighted by molar-refractivity contribution is 5.91. The maximum atomic E-state index is 12.0. The summed E-state index contributed by atoms with van der Waals surface area (Å²) >= 11 is 0. The number of carbonyl (C=O) groups excluding carboxylic acids is 1. The molecule has 0 spiro atoms. The maximum absolute atomic E-state index is 12.0. The van der Waals surface area contributed by atoms with Crippen LogP contribution in [0.1, 0.15) is 29.9 Å². The molecule has 2 N–H and O–H groups in total. The SMILES string of the molecule is Cc1cc([C@@](C)(O)CNC(=O)/C=C/c2nc3ccccc3o2)c(C)o1. The van der Waals surface area contributed by atoms with Crippen molar-refractivity contribution in [3.8, 4) is 0 Å². The van der Waals surface area contributed by atoms with E-state index < -0.39 is 5.60 Å². The number of carbonyl (C=O) groups is 1. The van der Waals surface area contributed by atoms with Gasteiger partial charge in [0.25, 0.3) is 0 Å². The van der Waals surface area contributed by atoms with Crippen LogP contribution in [0, 0.1) is 13.8 Å². The molecule has 0 saturated heterocycles. The molecule has 0 aliphatic rings. The minimum absolute atomic E-state index is 0.0591. The Balaban J connectivity index is 1.63. The molecule has 0 bridgehead atoms. The molecule has 2 heterocycles. The number of nitrogens with one attached hydrogen (secondary N) is 1. The number of para-hydroxylation sites is 2. The van der Waals surface area contributed by atoms with Gasteiger partial charge in [0, 0.05) is 17.7 Å². The second-order valence-corrected chi connectivity index (χ2v) is 6.17. The number of benzene rings is 1. The van der Waals surface area contributed by atoms with Gasteiger partial charge in [0.05, 0.1) is 6.54 Å². The summed E-state index contributed by atoms with van der Waals surface area (Å²) < 4.78 is 10.9. The summed E-state index contributed by atoms with van der Waals surface area (Å²) in [7, 11) is 0. The van der Waals surface area contributed by atoms with Gasteiger partial charge in [-0.25, -0.2) is 4.98 Å². The Morgan fingerprint density at radius 1 is 1.32 bits per heavy atom. The fourth-order valence-electron chi connectivity index (χ4n) is 2.69. The van der Waals surface area contributed by atoms with E-state index in [0.29, 0.717) is 22.8 Å². The molecule has 0 radical (unpaired) electrons. The molecular formula is C19H20N2O4. The molecule has 1 amide bonds. The first-order valence-electron chi connectivity index (χ1n) is 7.96. The number of furan rings is 1. The molecule has 1 atom stereocenters. The molecule has 25 heavy (non-hydrogen) atoms. The van der Waals surface area contributed by atoms with E-state index in [2.05, 4.69) is 10.3 Å². The fourth-order valence-corrected chi connectivity index (χ4v) is 2.69. The van der Waals surface area contributed by atoms with Gasteiger partial charge in [0.2, 0.25) is 11.8 Å². The predicted molar refractivity (Wildman–Crippen MR) is 93.8 cm³/mol. The zero-order valence-electron chi connectivity index (χ0n) is 14.4. The molecule has 0 fully saturated rings. The Morgan fingerprint density at radius 2 is 2.08 bits per heavy atom. The third-order valence-corrected chi connectivity index (χ3v) is 3.92. The van der Waals surface area contributed by atoms with E-state index in [1.165, 1.54) is 12.2 Å². The average Bonchev–Trinajstić information content (AvgIpc) is 3.13. The molecule has 130 valence electrons. The van der Waals surface area contributed by atoms with Gasteiger partial charge in [-0.05, 0) is 39.0 Å². The van der Waals surface area contributed by atoms with Gasteiger partial charge in [0.15, 0.2) is 5.58 Å². The molecule has 0 aliphatic carbocycles. The highest BCUT2D eigenvalue weighted by Crippen LogP contribution is 2.26. The number of hydrogen-bond acceptors (Lipinski definition) is 5. The average molecular weight is 340 g/mol. The van der Waals surface area contributed by atoms with Crippen molar-refractivity contribution in [1.29, 1.82) is 0 Å². The lowest BCUT2D eigenvalue weighted by Gasteiger charge is -2.22. The second-order valence-electron chi connectivity index (χ2n) is 6.17. The molecule has 2 aromatic heterocycles. The Hall–Kier alpha value is -2.86. The molecule has 6 nitrogen and oxygen atoms in total. The van der Waals surface area contributed by atoms with Crippen LogP contribution in [-0.4, -0.2) is 22.5 Å². The summed E-state index contributed by atoms with van der Waals surface area (Å²) in [5.74, 6) is 1.36. The van der Waals surface area contributed by atoms with Crippen molar-refractivity contribution < 1.29 is 18.7 Å². The molecule has 3 rings (SSSR count). The van der Waals surface area contributed by atoms with Crippen LogP contribution >= 0.6 is 0 Å². The predicted octanol–water partition coefficient (Wildman–Crippen LogP) is 3.07. The van der Waals surface area contributed by atoms with Crippen LogP contribution in [0.5, 0.6) is 0 Å². The first-order valence-corrected chi connectivity index (χ1v) is 7.96. The number of aryl methyl sites for hydroxylation is 2. The van der Waals surface area contributed by atoms with Gasteiger partial charge >= 0.3 is 0 Å². The number of fused-ring (bicyclic) bond motifs is 1. The van der Waals surface area contributed by atoms with Crippen LogP contribution in [0.4, 0.5) is 0 Å². The number of aromatic nitrogens is 1. The summed E-state index contributed by atoms with van der Waals surface area (Å²) in [5.41, 5.74) is 0.837. The highest BCUT2D eigenvalue weighted by atomic mass is 16.3. The normalized spacial score (nSPS) is 14.1. The van der Waals surface area contributed by atoms with Gasteiger partial charge in [-0.3, -0.25) is 4.79 Å². The summed E-state index contributed by atoms with van der Waals surface area (Å²) in [4.78, 5) is 16.3. The third kappa shape index (κ3) is 3.80. The van der Waals surface area contributed by atoms with Crippen molar-refractivity contribution in [2.24, 2.45) is 0 Å². The molecule has 3 aromatic rings. The number of oxazole rings is 1. The van der Waals surface area contributed by atoms with Crippen LogP contribution in [0.3, 0.4) is 0 Å². The van der Waals surface area contributed by atoms with Crippen molar-refractivity contribution in [3.05, 3.63) is 59.4 Å². The van der Waals surface area contributed by atoms with Crippen LogP contribution in [-0.2, 0) is 10.4 Å². The van der Waals surface area contributed by atoms with Crippen LogP contribution in [0.25, 0.3) is 17.2 Å². The summed E-state index contributed by atoms with van der Waals surface area (Å²) in [6.45, 7) is 5.29. The van der Waals surface area contributed by atoms with E-state index in [1.54, 1.807) is 19.9 Å². The van der Waals surface area contributed by atoms with Gasteiger partial charge in [-0.15, -0.1) is 0 Å². The minimum Gasteiger partial charge on any atom is -0.466 e. The van der Waals surface area contributed by atoms with Gasteiger partial charge in [-0.2, -0.15) is 0 Å². The second kappa shape index (κ2) is 6.57. The van der Waals surface area contributed by atoms with Crippen LogP contribution in [0.2, 0.25) is 0 Å². The smallest absolute Gasteiger partial charge is 0.244 e. The number of rotatable bonds is 5. The van der Waals surface area contributed by atoms with Crippen molar-refractivity contribution in [3.63, 3.8) is 0 Å². The fraction of sp³-hybridized carbons (Fsp3) is 0.263. The number of hydrogen-bond donors (Lipinski definition) is 2. The van der Waals surface area contributed by atoms with Crippen molar-refractivity contribution in [2.45, 2.75) is 26.4 Å². The lowest BCUT2D eigenvalue weighted by molar-refractivity contribution is -0.117. The van der Waals surface area contributed by atoms with Gasteiger partial charge in [0.1, 0.15) is 22.6 Å². The molecule has 1 aromatic carbocycles. The zero-order chi connectivity index (χ0) is 18.0. The Morgan fingerprint density at radius 3 is 2.76 bits per heavy atom. The number of nitrogens with zero attached hydrogens (tertiary/aromatic N) is 1. The summed E-state index contributed by atoms with van der Waals surface area (Å²) in [6.07, 6.45) is 2.82. The number of amides is 1. The first-order chi connectivity index (χ1) is 11.8. The van der Waals surface area contributed by atoms with Crippen molar-refractivity contribution in [1.82, 2.24) is 10.3 Å². The quantitative estimate of drug-likeness (QED) is 0.697. The summed E-state index contributed by atoms with van der Waals surface area (Å²) in [5, 5.41) is 13.3. The lowest BCUT2D eigenvalue weighted by atomic mass is 9.96. The Bertz CT molecular complexity index is 901. The zero-order valence-corrected chi connectivity index (χ0v) is 14.4. The Labute approximate surface area is 145 Å². The van der Waals surface area contributed by atoms with E-state index in [0.717, 1.165) is 11.3 Å².